The van der Waals surface area contributed by atoms with Crippen molar-refractivity contribution in [2.24, 2.45) is 5.92 Å². The molecule has 1 aliphatic rings. The molecule has 3 heteroatoms. The molecule has 0 saturated carbocycles. The highest BCUT2D eigenvalue weighted by Gasteiger charge is 2.38. The number of rotatable bonds is 4. The Balaban J connectivity index is 2.26. The molecule has 1 aromatic rings. The first-order chi connectivity index (χ1) is 8.56. The fourth-order valence-corrected chi connectivity index (χ4v) is 2.89. The number of hydrogen-bond donors (Lipinski definition) is 2. The maximum Gasteiger partial charge on any atom is 0.170 e. The zero-order valence-electron chi connectivity index (χ0n) is 10.9. The number of ketones is 1. The number of unbranched alkanes of at least 4 members (excludes halogenated alkanes) is 2. The minimum atomic E-state index is -0.0835. The van der Waals surface area contributed by atoms with Crippen molar-refractivity contribution >= 4 is 5.78 Å². The lowest BCUT2D eigenvalue weighted by Gasteiger charge is -2.13. The molecule has 0 heterocycles. The molecule has 2 N–H and O–H groups in total. The summed E-state index contributed by atoms with van der Waals surface area (Å²) < 4.78 is 0. The number of aromatic hydroxyl groups is 2. The maximum absolute atomic E-state index is 12.3. The van der Waals surface area contributed by atoms with Gasteiger partial charge in [0.15, 0.2) is 5.78 Å². The fourth-order valence-electron chi connectivity index (χ4n) is 2.89. The Morgan fingerprint density at radius 3 is 2.61 bits per heavy atom. The van der Waals surface area contributed by atoms with E-state index >= 15 is 0 Å². The number of benzene rings is 1. The molecule has 0 bridgehead atoms. The summed E-state index contributed by atoms with van der Waals surface area (Å²) in [5, 5.41) is 19.3. The van der Waals surface area contributed by atoms with Gasteiger partial charge in [0.2, 0.25) is 0 Å². The zero-order chi connectivity index (χ0) is 13.3. The van der Waals surface area contributed by atoms with E-state index < -0.39 is 0 Å². The summed E-state index contributed by atoms with van der Waals surface area (Å²) in [7, 11) is 0. The number of carbonyl (C=O) groups is 1. The molecule has 0 amide bonds. The lowest BCUT2D eigenvalue weighted by Crippen LogP contribution is -2.11. The Morgan fingerprint density at radius 1 is 1.22 bits per heavy atom. The molecule has 18 heavy (non-hydrogen) atoms. The summed E-state index contributed by atoms with van der Waals surface area (Å²) in [6.07, 6.45) is 4.17. The molecule has 0 spiro atoms. The standard InChI is InChI=1S/C15H20O3/c1-3-4-5-6-11-9(2)12-7-10(16)8-13(17)14(12)15(11)18/h7-9,11,16-17H,3-6H2,1-2H3/t9-,11-/m1/s1. The van der Waals surface area contributed by atoms with Crippen molar-refractivity contribution in [3.8, 4) is 11.5 Å². The Morgan fingerprint density at radius 2 is 1.94 bits per heavy atom. The first-order valence-electron chi connectivity index (χ1n) is 6.66. The van der Waals surface area contributed by atoms with Crippen LogP contribution in [0.25, 0.3) is 0 Å². The van der Waals surface area contributed by atoms with E-state index in [9.17, 15) is 15.0 Å². The highest BCUT2D eigenvalue weighted by atomic mass is 16.3. The van der Waals surface area contributed by atoms with Gasteiger partial charge in [-0.1, -0.05) is 33.1 Å². The van der Waals surface area contributed by atoms with E-state index in [1.54, 1.807) is 6.07 Å². The van der Waals surface area contributed by atoms with Crippen LogP contribution >= 0.6 is 0 Å². The van der Waals surface area contributed by atoms with Gasteiger partial charge in [0.05, 0.1) is 5.56 Å². The minimum Gasteiger partial charge on any atom is -0.508 e. The van der Waals surface area contributed by atoms with Gasteiger partial charge in [-0.05, 0) is 24.0 Å². The van der Waals surface area contributed by atoms with Crippen molar-refractivity contribution in [1.29, 1.82) is 0 Å². The summed E-state index contributed by atoms with van der Waals surface area (Å²) in [5.74, 6) is 0.0210. The molecular weight excluding hydrogens is 228 g/mol. The van der Waals surface area contributed by atoms with E-state index in [2.05, 4.69) is 6.92 Å². The first-order valence-corrected chi connectivity index (χ1v) is 6.66. The van der Waals surface area contributed by atoms with Crippen LogP contribution in [0.4, 0.5) is 0 Å². The lowest BCUT2D eigenvalue weighted by molar-refractivity contribution is 0.0915. The molecule has 0 aromatic heterocycles. The summed E-state index contributed by atoms with van der Waals surface area (Å²) in [4.78, 5) is 12.3. The topological polar surface area (TPSA) is 57.5 Å². The van der Waals surface area contributed by atoms with Gasteiger partial charge in [0, 0.05) is 12.0 Å². The quantitative estimate of drug-likeness (QED) is 0.800. The highest BCUT2D eigenvalue weighted by molar-refractivity contribution is 6.05. The van der Waals surface area contributed by atoms with Crippen LogP contribution in [0.3, 0.4) is 0 Å². The third-order valence-corrected chi connectivity index (χ3v) is 3.93. The second-order valence-electron chi connectivity index (χ2n) is 5.18. The summed E-state index contributed by atoms with van der Waals surface area (Å²) in [5.41, 5.74) is 1.21. The number of fused-ring (bicyclic) bond motifs is 1. The molecule has 1 aromatic carbocycles. The fraction of sp³-hybridized carbons (Fsp3) is 0.533. The van der Waals surface area contributed by atoms with Gasteiger partial charge in [-0.15, -0.1) is 0 Å². The molecule has 0 radical (unpaired) electrons. The van der Waals surface area contributed by atoms with Gasteiger partial charge in [0.1, 0.15) is 11.5 Å². The highest BCUT2D eigenvalue weighted by Crippen LogP contribution is 2.45. The Labute approximate surface area is 107 Å². The van der Waals surface area contributed by atoms with Crippen LogP contribution in [-0.2, 0) is 0 Å². The average Bonchev–Trinajstić information content (AvgIpc) is 2.54. The summed E-state index contributed by atoms with van der Waals surface area (Å²) in [6.45, 7) is 4.14. The molecule has 0 aliphatic heterocycles. The molecule has 0 fully saturated rings. The smallest absolute Gasteiger partial charge is 0.170 e. The molecule has 2 atom stereocenters. The molecule has 3 nitrogen and oxygen atoms in total. The molecule has 98 valence electrons. The maximum atomic E-state index is 12.3. The number of carbonyl (C=O) groups excluding carboxylic acids is 1. The predicted molar refractivity (Wildman–Crippen MR) is 70.1 cm³/mol. The largest absolute Gasteiger partial charge is 0.508 e. The van der Waals surface area contributed by atoms with Crippen molar-refractivity contribution < 1.29 is 15.0 Å². The van der Waals surface area contributed by atoms with Gasteiger partial charge in [-0.25, -0.2) is 0 Å². The molecule has 0 unspecified atom stereocenters. The Hall–Kier alpha value is -1.51. The molecule has 2 rings (SSSR count). The normalized spacial score (nSPS) is 22.2. The van der Waals surface area contributed by atoms with Crippen molar-refractivity contribution in [1.82, 2.24) is 0 Å². The third-order valence-electron chi connectivity index (χ3n) is 3.93. The minimum absolute atomic E-state index is 0.0279. The van der Waals surface area contributed by atoms with Crippen LogP contribution in [0.5, 0.6) is 11.5 Å². The molecule has 1 aliphatic carbocycles. The van der Waals surface area contributed by atoms with Crippen LogP contribution in [0.1, 0.15) is 61.4 Å². The Kier molecular flexibility index (Phi) is 3.60. The van der Waals surface area contributed by atoms with Gasteiger partial charge >= 0.3 is 0 Å². The van der Waals surface area contributed by atoms with E-state index in [0.29, 0.717) is 5.56 Å². The predicted octanol–water partition coefficient (Wildman–Crippen LogP) is 3.59. The van der Waals surface area contributed by atoms with Crippen molar-refractivity contribution in [3.05, 3.63) is 23.3 Å². The number of hydrogen-bond acceptors (Lipinski definition) is 3. The van der Waals surface area contributed by atoms with Crippen LogP contribution in [0, 0.1) is 5.92 Å². The summed E-state index contributed by atoms with van der Waals surface area (Å²) in [6, 6.07) is 2.86. The zero-order valence-corrected chi connectivity index (χ0v) is 10.9. The first kappa shape index (κ1) is 12.9. The van der Waals surface area contributed by atoms with Gasteiger partial charge < -0.3 is 10.2 Å². The van der Waals surface area contributed by atoms with Crippen LogP contribution < -0.4 is 0 Å². The van der Waals surface area contributed by atoms with Gasteiger partial charge in [-0.2, -0.15) is 0 Å². The number of phenolic OH excluding ortho intramolecular Hbond substituents is 2. The van der Waals surface area contributed by atoms with E-state index in [1.165, 1.54) is 6.07 Å². The monoisotopic (exact) mass is 248 g/mol. The van der Waals surface area contributed by atoms with E-state index in [0.717, 1.165) is 31.2 Å². The number of Topliss-reactive ketones (excluding diaryl/α,β-unsaturated/α-hetero) is 1. The lowest BCUT2D eigenvalue weighted by atomic mass is 9.89. The van der Waals surface area contributed by atoms with Gasteiger partial charge in [0.25, 0.3) is 0 Å². The van der Waals surface area contributed by atoms with E-state index in [4.69, 9.17) is 0 Å². The number of phenols is 2. The van der Waals surface area contributed by atoms with Crippen molar-refractivity contribution in [2.45, 2.75) is 45.4 Å². The van der Waals surface area contributed by atoms with Crippen LogP contribution in [0.15, 0.2) is 12.1 Å². The van der Waals surface area contributed by atoms with E-state index in [-0.39, 0.29) is 29.1 Å². The van der Waals surface area contributed by atoms with Gasteiger partial charge in [-0.3, -0.25) is 4.79 Å². The summed E-state index contributed by atoms with van der Waals surface area (Å²) >= 11 is 0. The van der Waals surface area contributed by atoms with Crippen LogP contribution in [-0.4, -0.2) is 16.0 Å². The molecular formula is C15H20O3. The SMILES string of the molecule is CCCCC[C@H]1C(=O)c2c(O)cc(O)cc2[C@@H]1C. The average molecular weight is 248 g/mol. The molecule has 0 saturated heterocycles. The van der Waals surface area contributed by atoms with Crippen molar-refractivity contribution in [2.75, 3.05) is 0 Å². The Bertz CT molecular complexity index is 465. The van der Waals surface area contributed by atoms with Crippen LogP contribution in [0.2, 0.25) is 0 Å². The second-order valence-corrected chi connectivity index (χ2v) is 5.18. The van der Waals surface area contributed by atoms with Crippen molar-refractivity contribution in [3.63, 3.8) is 0 Å². The van der Waals surface area contributed by atoms with E-state index in [1.807, 2.05) is 6.92 Å². The second kappa shape index (κ2) is 5.01. The third kappa shape index (κ3) is 2.09.